The highest BCUT2D eigenvalue weighted by Gasteiger charge is 2.16. The number of hydrogen-bond acceptors (Lipinski definition) is 2. The zero-order valence-corrected chi connectivity index (χ0v) is 18.5. The maximum Gasteiger partial charge on any atom is 0.186 e. The van der Waals surface area contributed by atoms with Gasteiger partial charge in [0.1, 0.15) is 0 Å². The van der Waals surface area contributed by atoms with Crippen molar-refractivity contribution in [2.45, 2.75) is 40.5 Å². The molecule has 0 saturated carbocycles. The molecular weight excluding hydrogens is 366 g/mol. The molecule has 0 saturated heterocycles. The molecular formula is C28H31NO. The largest absolute Gasteiger partial charge is 0.289 e. The van der Waals surface area contributed by atoms with Crippen LogP contribution in [-0.2, 0) is 4.79 Å². The van der Waals surface area contributed by atoms with Gasteiger partial charge in [0, 0.05) is 17.4 Å². The number of nitrogens with zero attached hydrogens (tertiary/aromatic N) is 1. The van der Waals surface area contributed by atoms with Gasteiger partial charge in [-0.1, -0.05) is 86.7 Å². The molecule has 1 heterocycles. The summed E-state index contributed by atoms with van der Waals surface area (Å²) in [4.78, 5) is 17.4. The van der Waals surface area contributed by atoms with E-state index in [9.17, 15) is 4.79 Å². The summed E-state index contributed by atoms with van der Waals surface area (Å²) in [6.45, 7) is 12.1. The van der Waals surface area contributed by atoms with Crippen LogP contribution in [-0.4, -0.2) is 12.0 Å². The topological polar surface area (TPSA) is 29.4 Å². The molecule has 1 aliphatic heterocycles. The molecule has 0 bridgehead atoms. The van der Waals surface area contributed by atoms with Gasteiger partial charge in [0.05, 0.1) is 5.70 Å². The van der Waals surface area contributed by atoms with Crippen LogP contribution in [0.25, 0.3) is 5.57 Å². The van der Waals surface area contributed by atoms with Crippen molar-refractivity contribution in [3.8, 4) is 0 Å². The number of rotatable bonds is 6. The van der Waals surface area contributed by atoms with Crippen LogP contribution in [0, 0.1) is 13.8 Å². The molecule has 154 valence electrons. The summed E-state index contributed by atoms with van der Waals surface area (Å²) in [5, 5.41) is 0. The standard InChI is InChI=1S/C26H25NO.C2H6/c1-4-23(25(28)17-16-22-10-7-8-18-27-22)26(21-14-12-19(2)13-15-21)24-11-6-5-9-20(24)3;1-2/h4-6,9-18H,1,7-8H2,2-3H3;1-2H3/b17-16+,26-23+;. The van der Waals surface area contributed by atoms with Crippen LogP contribution in [0.3, 0.4) is 0 Å². The van der Waals surface area contributed by atoms with E-state index in [0.29, 0.717) is 5.57 Å². The molecule has 0 aliphatic carbocycles. The van der Waals surface area contributed by atoms with Crippen LogP contribution in [0.15, 0.2) is 95.7 Å². The minimum Gasteiger partial charge on any atom is -0.289 e. The molecule has 2 aromatic carbocycles. The third kappa shape index (κ3) is 5.87. The van der Waals surface area contributed by atoms with Crippen molar-refractivity contribution in [2.24, 2.45) is 4.99 Å². The van der Waals surface area contributed by atoms with Gasteiger partial charge < -0.3 is 0 Å². The fraction of sp³-hybridized carbons (Fsp3) is 0.214. The average Bonchev–Trinajstić information content (AvgIpc) is 2.79. The molecule has 30 heavy (non-hydrogen) atoms. The molecule has 0 unspecified atom stereocenters. The number of ketones is 1. The van der Waals surface area contributed by atoms with E-state index >= 15 is 0 Å². The first-order chi connectivity index (χ1) is 14.6. The molecule has 0 atom stereocenters. The predicted octanol–water partition coefficient (Wildman–Crippen LogP) is 7.19. The first-order valence-electron chi connectivity index (χ1n) is 10.5. The van der Waals surface area contributed by atoms with Gasteiger partial charge in [-0.05, 0) is 55.5 Å². The first kappa shape index (κ1) is 23.0. The van der Waals surface area contributed by atoms with Gasteiger partial charge in [0.15, 0.2) is 5.78 Å². The van der Waals surface area contributed by atoms with Crippen molar-refractivity contribution >= 4 is 17.6 Å². The highest BCUT2D eigenvalue weighted by atomic mass is 16.1. The van der Waals surface area contributed by atoms with Gasteiger partial charge in [-0.3, -0.25) is 9.79 Å². The molecule has 0 fully saturated rings. The Morgan fingerprint density at radius 3 is 2.30 bits per heavy atom. The molecule has 2 nitrogen and oxygen atoms in total. The zero-order valence-electron chi connectivity index (χ0n) is 18.5. The van der Waals surface area contributed by atoms with Gasteiger partial charge >= 0.3 is 0 Å². The van der Waals surface area contributed by atoms with Crippen LogP contribution in [0.1, 0.15) is 48.9 Å². The Labute approximate surface area is 181 Å². The Balaban J connectivity index is 0.00000155. The van der Waals surface area contributed by atoms with Gasteiger partial charge in [0.25, 0.3) is 0 Å². The lowest BCUT2D eigenvalue weighted by molar-refractivity contribution is -0.111. The van der Waals surface area contributed by atoms with Gasteiger partial charge in [-0.15, -0.1) is 0 Å². The van der Waals surface area contributed by atoms with Crippen molar-refractivity contribution in [1.82, 2.24) is 0 Å². The van der Waals surface area contributed by atoms with Crippen molar-refractivity contribution in [1.29, 1.82) is 0 Å². The summed E-state index contributed by atoms with van der Waals surface area (Å²) in [7, 11) is 0. The van der Waals surface area contributed by atoms with E-state index in [0.717, 1.165) is 40.8 Å². The van der Waals surface area contributed by atoms with Crippen LogP contribution in [0.4, 0.5) is 0 Å². The van der Waals surface area contributed by atoms with E-state index in [1.807, 2.05) is 38.3 Å². The molecule has 0 radical (unpaired) electrons. The smallest absolute Gasteiger partial charge is 0.186 e. The number of carbonyl (C=O) groups is 1. The number of benzene rings is 2. The monoisotopic (exact) mass is 397 g/mol. The van der Waals surface area contributed by atoms with E-state index < -0.39 is 0 Å². The van der Waals surface area contributed by atoms with Crippen LogP contribution in [0.5, 0.6) is 0 Å². The maximum atomic E-state index is 13.1. The van der Waals surface area contributed by atoms with Crippen LogP contribution < -0.4 is 0 Å². The number of aryl methyl sites for hydroxylation is 2. The minimum absolute atomic E-state index is 0.0736. The molecule has 1 aliphatic rings. The highest BCUT2D eigenvalue weighted by Crippen LogP contribution is 2.31. The van der Waals surface area contributed by atoms with E-state index in [-0.39, 0.29) is 5.78 Å². The molecule has 0 amide bonds. The van der Waals surface area contributed by atoms with E-state index in [1.165, 1.54) is 5.56 Å². The Bertz CT molecular complexity index is 1000. The second-order valence-corrected chi connectivity index (χ2v) is 6.89. The summed E-state index contributed by atoms with van der Waals surface area (Å²) >= 11 is 0. The summed E-state index contributed by atoms with van der Waals surface area (Å²) in [6.07, 6.45) is 10.9. The lowest BCUT2D eigenvalue weighted by Gasteiger charge is -2.15. The Hall–Kier alpha value is -3.26. The molecule has 0 spiro atoms. The summed E-state index contributed by atoms with van der Waals surface area (Å²) in [5.74, 6) is -0.0736. The Morgan fingerprint density at radius 1 is 1.00 bits per heavy atom. The van der Waals surface area contributed by atoms with Gasteiger partial charge in [0.2, 0.25) is 0 Å². The van der Waals surface area contributed by atoms with E-state index in [4.69, 9.17) is 0 Å². The van der Waals surface area contributed by atoms with Crippen LogP contribution >= 0.6 is 0 Å². The molecule has 0 aromatic heterocycles. The third-order valence-corrected chi connectivity index (χ3v) is 4.79. The minimum atomic E-state index is -0.0736. The number of aliphatic imine (C=N–C) groups is 1. The molecule has 2 aromatic rings. The summed E-state index contributed by atoms with van der Waals surface area (Å²) in [6, 6.07) is 16.4. The fourth-order valence-electron chi connectivity index (χ4n) is 3.25. The third-order valence-electron chi connectivity index (χ3n) is 4.79. The van der Waals surface area contributed by atoms with Crippen molar-refractivity contribution in [2.75, 3.05) is 0 Å². The quantitative estimate of drug-likeness (QED) is 0.374. The van der Waals surface area contributed by atoms with Crippen LogP contribution in [0.2, 0.25) is 0 Å². The number of hydrogen-bond donors (Lipinski definition) is 0. The molecule has 0 N–H and O–H groups in total. The average molecular weight is 398 g/mol. The fourth-order valence-corrected chi connectivity index (χ4v) is 3.25. The predicted molar refractivity (Wildman–Crippen MR) is 130 cm³/mol. The zero-order chi connectivity index (χ0) is 21.9. The number of allylic oxidation sites excluding steroid dienone is 5. The maximum absolute atomic E-state index is 13.1. The highest BCUT2D eigenvalue weighted by molar-refractivity contribution is 6.13. The lowest BCUT2D eigenvalue weighted by atomic mass is 9.88. The van der Waals surface area contributed by atoms with Crippen molar-refractivity contribution in [3.05, 3.63) is 113 Å². The second kappa shape index (κ2) is 11.7. The molecule has 2 heteroatoms. The molecule has 3 rings (SSSR count). The van der Waals surface area contributed by atoms with Gasteiger partial charge in [-0.25, -0.2) is 0 Å². The first-order valence-corrected chi connectivity index (χ1v) is 10.5. The Kier molecular flexibility index (Phi) is 8.96. The van der Waals surface area contributed by atoms with E-state index in [2.05, 4.69) is 61.8 Å². The van der Waals surface area contributed by atoms with Crippen molar-refractivity contribution < 1.29 is 4.79 Å². The van der Waals surface area contributed by atoms with E-state index in [1.54, 1.807) is 18.2 Å². The second-order valence-electron chi connectivity index (χ2n) is 6.89. The van der Waals surface area contributed by atoms with Gasteiger partial charge in [-0.2, -0.15) is 0 Å². The Morgan fingerprint density at radius 2 is 1.70 bits per heavy atom. The SMILES string of the molecule is C=C/C(C(=O)/C=C/C1=CCCC=N1)=C(/c1ccc(C)cc1)c1ccccc1C.CC. The summed E-state index contributed by atoms with van der Waals surface area (Å²) < 4.78 is 0. The lowest BCUT2D eigenvalue weighted by Crippen LogP contribution is -2.03. The normalized spacial score (nSPS) is 13.8. The number of carbonyl (C=O) groups excluding carboxylic acids is 1. The van der Waals surface area contributed by atoms with Crippen molar-refractivity contribution in [3.63, 3.8) is 0 Å². The summed E-state index contributed by atoms with van der Waals surface area (Å²) in [5.41, 5.74) is 6.67.